The molecule has 112 valence electrons. The van der Waals surface area contributed by atoms with Crippen LogP contribution in [0, 0.1) is 19.8 Å². The van der Waals surface area contributed by atoms with E-state index in [-0.39, 0.29) is 6.61 Å². The SMILES string of the molecule is Cc1cccc(OCc2c(C=O)nnn2CC(C)C)c1C. The van der Waals surface area contributed by atoms with Gasteiger partial charge in [0.05, 0.1) is 0 Å². The van der Waals surface area contributed by atoms with Gasteiger partial charge < -0.3 is 4.74 Å². The number of carbonyl (C=O) groups is 1. The monoisotopic (exact) mass is 287 g/mol. The molecule has 0 aliphatic carbocycles. The van der Waals surface area contributed by atoms with Gasteiger partial charge in [0.25, 0.3) is 0 Å². The predicted molar refractivity (Wildman–Crippen MR) is 80.5 cm³/mol. The average Bonchev–Trinajstić information content (AvgIpc) is 2.82. The zero-order valence-electron chi connectivity index (χ0n) is 13.0. The molecule has 2 aromatic rings. The number of benzene rings is 1. The largest absolute Gasteiger partial charge is 0.487 e. The fraction of sp³-hybridized carbons (Fsp3) is 0.438. The molecule has 0 spiro atoms. The summed E-state index contributed by atoms with van der Waals surface area (Å²) in [4.78, 5) is 11.1. The topological polar surface area (TPSA) is 57.0 Å². The number of aromatic nitrogens is 3. The van der Waals surface area contributed by atoms with Crippen LogP contribution in [0.25, 0.3) is 0 Å². The van der Waals surface area contributed by atoms with Gasteiger partial charge >= 0.3 is 0 Å². The molecular weight excluding hydrogens is 266 g/mol. The number of ether oxygens (including phenoxy) is 1. The maximum Gasteiger partial charge on any atom is 0.172 e. The van der Waals surface area contributed by atoms with Crippen LogP contribution in [-0.4, -0.2) is 21.3 Å². The lowest BCUT2D eigenvalue weighted by molar-refractivity contribution is 0.111. The highest BCUT2D eigenvalue weighted by atomic mass is 16.5. The Balaban J connectivity index is 2.20. The van der Waals surface area contributed by atoms with E-state index < -0.39 is 0 Å². The van der Waals surface area contributed by atoms with Gasteiger partial charge in [0.1, 0.15) is 18.1 Å². The number of aldehydes is 1. The molecule has 1 heterocycles. The van der Waals surface area contributed by atoms with Gasteiger partial charge in [-0.05, 0) is 37.0 Å². The first-order valence-corrected chi connectivity index (χ1v) is 7.09. The van der Waals surface area contributed by atoms with Gasteiger partial charge in [0.2, 0.25) is 0 Å². The van der Waals surface area contributed by atoms with Crippen molar-refractivity contribution >= 4 is 6.29 Å². The molecule has 1 aromatic carbocycles. The first-order chi connectivity index (χ1) is 10.0. The van der Waals surface area contributed by atoms with Crippen molar-refractivity contribution in [2.45, 2.75) is 40.8 Å². The Bertz CT molecular complexity index is 632. The summed E-state index contributed by atoms with van der Waals surface area (Å²) in [5.74, 6) is 1.25. The smallest absolute Gasteiger partial charge is 0.172 e. The highest BCUT2D eigenvalue weighted by Crippen LogP contribution is 2.22. The molecule has 0 aliphatic rings. The van der Waals surface area contributed by atoms with Crippen molar-refractivity contribution in [2.75, 3.05) is 0 Å². The van der Waals surface area contributed by atoms with Crippen molar-refractivity contribution in [3.05, 3.63) is 40.7 Å². The Labute approximate surface area is 124 Å². The van der Waals surface area contributed by atoms with Gasteiger partial charge in [0.15, 0.2) is 12.0 Å². The van der Waals surface area contributed by atoms with E-state index in [9.17, 15) is 4.79 Å². The van der Waals surface area contributed by atoms with Crippen LogP contribution in [0.1, 0.15) is 41.2 Å². The zero-order valence-corrected chi connectivity index (χ0v) is 13.0. The predicted octanol–water partition coefficient (Wildman–Crippen LogP) is 2.94. The minimum absolute atomic E-state index is 0.290. The standard InChI is InChI=1S/C16H21N3O2/c1-11(2)8-19-15(14(9-20)17-18-19)10-21-16-7-5-6-12(3)13(16)4/h5-7,9,11H,8,10H2,1-4H3. The third kappa shape index (κ3) is 3.48. The minimum atomic E-state index is 0.290. The number of hydrogen-bond acceptors (Lipinski definition) is 4. The molecule has 1 aromatic heterocycles. The van der Waals surface area contributed by atoms with E-state index in [4.69, 9.17) is 4.74 Å². The molecule has 21 heavy (non-hydrogen) atoms. The van der Waals surface area contributed by atoms with Crippen molar-refractivity contribution in [3.63, 3.8) is 0 Å². The van der Waals surface area contributed by atoms with E-state index in [1.54, 1.807) is 4.68 Å². The summed E-state index contributed by atoms with van der Waals surface area (Å²) in [7, 11) is 0. The van der Waals surface area contributed by atoms with Gasteiger partial charge in [-0.15, -0.1) is 5.10 Å². The van der Waals surface area contributed by atoms with Gasteiger partial charge in [0, 0.05) is 6.54 Å². The molecule has 0 unspecified atom stereocenters. The number of carbonyl (C=O) groups excluding carboxylic acids is 1. The second-order valence-electron chi connectivity index (χ2n) is 5.60. The Morgan fingerprint density at radius 1 is 1.33 bits per heavy atom. The van der Waals surface area contributed by atoms with E-state index in [0.29, 0.717) is 18.2 Å². The number of rotatable bonds is 6. The lowest BCUT2D eigenvalue weighted by Crippen LogP contribution is -2.13. The molecule has 0 saturated carbocycles. The van der Waals surface area contributed by atoms with Crippen molar-refractivity contribution in [1.29, 1.82) is 0 Å². The van der Waals surface area contributed by atoms with E-state index in [1.807, 2.05) is 32.0 Å². The second-order valence-corrected chi connectivity index (χ2v) is 5.60. The maximum absolute atomic E-state index is 11.1. The molecule has 5 heteroatoms. The summed E-state index contributed by atoms with van der Waals surface area (Å²) in [5, 5.41) is 7.94. The van der Waals surface area contributed by atoms with Crippen LogP contribution in [-0.2, 0) is 13.2 Å². The molecule has 0 radical (unpaired) electrons. The average molecular weight is 287 g/mol. The molecule has 0 atom stereocenters. The van der Waals surface area contributed by atoms with Gasteiger partial charge in [-0.2, -0.15) is 0 Å². The van der Waals surface area contributed by atoms with Crippen molar-refractivity contribution in [1.82, 2.24) is 15.0 Å². The second kappa shape index (κ2) is 6.52. The molecule has 2 rings (SSSR count). The fourth-order valence-electron chi connectivity index (χ4n) is 2.11. The van der Waals surface area contributed by atoms with Gasteiger partial charge in [-0.3, -0.25) is 4.79 Å². The zero-order chi connectivity index (χ0) is 15.4. The lowest BCUT2D eigenvalue weighted by atomic mass is 10.1. The molecule has 0 N–H and O–H groups in total. The summed E-state index contributed by atoms with van der Waals surface area (Å²) in [6, 6.07) is 5.94. The van der Waals surface area contributed by atoms with Crippen LogP contribution in [0.5, 0.6) is 5.75 Å². The highest BCUT2D eigenvalue weighted by molar-refractivity contribution is 5.73. The highest BCUT2D eigenvalue weighted by Gasteiger charge is 2.14. The first kappa shape index (κ1) is 15.2. The Morgan fingerprint density at radius 2 is 2.10 bits per heavy atom. The van der Waals surface area contributed by atoms with Gasteiger partial charge in [-0.1, -0.05) is 31.2 Å². The summed E-state index contributed by atoms with van der Waals surface area (Å²) in [5.41, 5.74) is 3.35. The third-order valence-electron chi connectivity index (χ3n) is 3.44. The van der Waals surface area contributed by atoms with Crippen LogP contribution >= 0.6 is 0 Å². The molecular formula is C16H21N3O2. The Kier molecular flexibility index (Phi) is 4.73. The minimum Gasteiger partial charge on any atom is -0.487 e. The quantitative estimate of drug-likeness (QED) is 0.766. The van der Waals surface area contributed by atoms with Crippen LogP contribution in [0.2, 0.25) is 0 Å². The van der Waals surface area contributed by atoms with Crippen LogP contribution in [0.4, 0.5) is 0 Å². The van der Waals surface area contributed by atoms with Crippen LogP contribution in [0.3, 0.4) is 0 Å². The van der Waals surface area contributed by atoms with E-state index in [0.717, 1.165) is 23.3 Å². The first-order valence-electron chi connectivity index (χ1n) is 7.09. The molecule has 0 aliphatic heterocycles. The van der Waals surface area contributed by atoms with Crippen LogP contribution < -0.4 is 4.74 Å². The number of aryl methyl sites for hydroxylation is 1. The van der Waals surface area contributed by atoms with Crippen LogP contribution in [0.15, 0.2) is 18.2 Å². The molecule has 0 fully saturated rings. The molecule has 0 amide bonds. The Hall–Kier alpha value is -2.17. The van der Waals surface area contributed by atoms with Crippen molar-refractivity contribution < 1.29 is 9.53 Å². The van der Waals surface area contributed by atoms with E-state index in [2.05, 4.69) is 24.2 Å². The normalized spacial score (nSPS) is 10.9. The molecule has 5 nitrogen and oxygen atoms in total. The van der Waals surface area contributed by atoms with Crippen molar-refractivity contribution in [3.8, 4) is 5.75 Å². The van der Waals surface area contributed by atoms with E-state index in [1.165, 1.54) is 5.56 Å². The third-order valence-corrected chi connectivity index (χ3v) is 3.44. The van der Waals surface area contributed by atoms with Gasteiger partial charge in [-0.25, -0.2) is 4.68 Å². The summed E-state index contributed by atoms with van der Waals surface area (Å²) in [6.07, 6.45) is 0.728. The maximum atomic E-state index is 11.1. The summed E-state index contributed by atoms with van der Waals surface area (Å²) in [6.45, 7) is 9.26. The lowest BCUT2D eigenvalue weighted by Gasteiger charge is -2.13. The Morgan fingerprint density at radius 3 is 2.76 bits per heavy atom. The molecule has 0 saturated heterocycles. The number of hydrogen-bond donors (Lipinski definition) is 0. The molecule has 0 bridgehead atoms. The number of nitrogens with zero attached hydrogens (tertiary/aromatic N) is 3. The summed E-state index contributed by atoms with van der Waals surface area (Å²) >= 11 is 0. The van der Waals surface area contributed by atoms with Crippen molar-refractivity contribution in [2.24, 2.45) is 5.92 Å². The summed E-state index contributed by atoms with van der Waals surface area (Å²) < 4.78 is 7.62. The fourth-order valence-corrected chi connectivity index (χ4v) is 2.11. The van der Waals surface area contributed by atoms with E-state index >= 15 is 0 Å².